The standard InChI is InChI=1S/C20H17ClF2N2O/c21-16-4-2-1-3-15(16)20(26)6-9-25(10-7-20)18-5-8-24-19-14(18)11-13(22)12-17(19)23/h1-5,8,11-12,26H,6-7,9-10H2. The smallest absolute Gasteiger partial charge is 0.152 e. The number of hydrogen-bond acceptors (Lipinski definition) is 3. The molecule has 2 heterocycles. The number of pyridine rings is 1. The van der Waals surface area contributed by atoms with Gasteiger partial charge in [-0.2, -0.15) is 0 Å². The second-order valence-corrected chi connectivity index (χ2v) is 7.02. The highest BCUT2D eigenvalue weighted by Gasteiger charge is 2.35. The van der Waals surface area contributed by atoms with Gasteiger partial charge in [0.1, 0.15) is 11.3 Å². The molecule has 0 saturated carbocycles. The molecule has 0 radical (unpaired) electrons. The van der Waals surface area contributed by atoms with Crippen molar-refractivity contribution in [2.45, 2.75) is 18.4 Å². The molecular weight excluding hydrogens is 358 g/mol. The first-order valence-corrected chi connectivity index (χ1v) is 8.82. The molecule has 0 bridgehead atoms. The van der Waals surface area contributed by atoms with E-state index in [-0.39, 0.29) is 5.52 Å². The van der Waals surface area contributed by atoms with Crippen molar-refractivity contribution < 1.29 is 13.9 Å². The van der Waals surface area contributed by atoms with Crippen LogP contribution in [0.5, 0.6) is 0 Å². The number of aliphatic hydroxyl groups is 1. The molecule has 4 rings (SSSR count). The molecule has 0 unspecified atom stereocenters. The first-order chi connectivity index (χ1) is 12.5. The van der Waals surface area contributed by atoms with Gasteiger partial charge in [0.05, 0.1) is 5.60 Å². The third-order valence-electron chi connectivity index (χ3n) is 5.05. The average molecular weight is 375 g/mol. The Kier molecular flexibility index (Phi) is 4.29. The van der Waals surface area contributed by atoms with Crippen LogP contribution in [0.15, 0.2) is 48.7 Å². The highest BCUT2D eigenvalue weighted by Crippen LogP contribution is 2.39. The van der Waals surface area contributed by atoms with E-state index in [0.717, 1.165) is 17.3 Å². The van der Waals surface area contributed by atoms with Gasteiger partial charge in [-0.1, -0.05) is 29.8 Å². The van der Waals surface area contributed by atoms with Crippen LogP contribution in [0.1, 0.15) is 18.4 Å². The maximum Gasteiger partial charge on any atom is 0.152 e. The van der Waals surface area contributed by atoms with Gasteiger partial charge in [0.25, 0.3) is 0 Å². The molecule has 134 valence electrons. The molecule has 3 nitrogen and oxygen atoms in total. The third kappa shape index (κ3) is 2.91. The number of nitrogens with zero attached hydrogens (tertiary/aromatic N) is 2. The number of benzene rings is 2. The zero-order chi connectivity index (χ0) is 18.3. The van der Waals surface area contributed by atoms with Crippen LogP contribution in [0.2, 0.25) is 5.02 Å². The molecule has 0 aliphatic carbocycles. The topological polar surface area (TPSA) is 36.4 Å². The molecule has 0 amide bonds. The van der Waals surface area contributed by atoms with Crippen molar-refractivity contribution in [3.05, 3.63) is 70.9 Å². The van der Waals surface area contributed by atoms with Crippen LogP contribution in [0, 0.1) is 11.6 Å². The number of halogens is 3. The normalized spacial score (nSPS) is 16.8. The van der Waals surface area contributed by atoms with E-state index in [1.165, 1.54) is 12.3 Å². The molecule has 1 aromatic heterocycles. The highest BCUT2D eigenvalue weighted by atomic mass is 35.5. The van der Waals surface area contributed by atoms with E-state index in [2.05, 4.69) is 4.98 Å². The number of aromatic nitrogens is 1. The van der Waals surface area contributed by atoms with Crippen molar-refractivity contribution in [3.8, 4) is 0 Å². The molecule has 1 aliphatic rings. The minimum Gasteiger partial charge on any atom is -0.385 e. The molecule has 1 saturated heterocycles. The van der Waals surface area contributed by atoms with Gasteiger partial charge >= 0.3 is 0 Å². The zero-order valence-electron chi connectivity index (χ0n) is 13.9. The Morgan fingerprint density at radius 1 is 1.08 bits per heavy atom. The minimum absolute atomic E-state index is 0.149. The summed E-state index contributed by atoms with van der Waals surface area (Å²) in [6.45, 7) is 1.08. The quantitative estimate of drug-likeness (QED) is 0.709. The van der Waals surface area contributed by atoms with E-state index < -0.39 is 17.2 Å². The van der Waals surface area contributed by atoms with Gasteiger partial charge < -0.3 is 10.0 Å². The molecule has 3 aromatic rings. The van der Waals surface area contributed by atoms with Gasteiger partial charge in [0.15, 0.2) is 5.82 Å². The number of piperidine rings is 1. The second kappa shape index (κ2) is 6.49. The maximum absolute atomic E-state index is 14.0. The van der Waals surface area contributed by atoms with Crippen LogP contribution >= 0.6 is 11.6 Å². The molecule has 2 aromatic carbocycles. The van der Waals surface area contributed by atoms with E-state index in [1.807, 2.05) is 23.1 Å². The molecule has 26 heavy (non-hydrogen) atoms. The lowest BCUT2D eigenvalue weighted by atomic mass is 9.84. The van der Waals surface area contributed by atoms with Crippen LogP contribution in [0.3, 0.4) is 0 Å². The predicted octanol–water partition coefficient (Wildman–Crippen LogP) is 4.65. The van der Waals surface area contributed by atoms with Crippen LogP contribution in [-0.4, -0.2) is 23.2 Å². The van der Waals surface area contributed by atoms with E-state index in [4.69, 9.17) is 11.6 Å². The Balaban J connectivity index is 1.65. The minimum atomic E-state index is -1.01. The Bertz CT molecular complexity index is 971. The van der Waals surface area contributed by atoms with Gasteiger partial charge in [0, 0.05) is 47.0 Å². The second-order valence-electron chi connectivity index (χ2n) is 6.61. The van der Waals surface area contributed by atoms with Crippen LogP contribution < -0.4 is 4.90 Å². The van der Waals surface area contributed by atoms with Gasteiger partial charge in [0.2, 0.25) is 0 Å². The van der Waals surface area contributed by atoms with Gasteiger partial charge in [-0.15, -0.1) is 0 Å². The molecule has 1 fully saturated rings. The summed E-state index contributed by atoms with van der Waals surface area (Å²) in [6.07, 6.45) is 2.46. The zero-order valence-corrected chi connectivity index (χ0v) is 14.7. The summed E-state index contributed by atoms with van der Waals surface area (Å²) in [5.74, 6) is -1.31. The monoisotopic (exact) mass is 374 g/mol. The fourth-order valence-electron chi connectivity index (χ4n) is 3.67. The van der Waals surface area contributed by atoms with E-state index in [9.17, 15) is 13.9 Å². The van der Waals surface area contributed by atoms with Gasteiger partial charge in [-0.25, -0.2) is 8.78 Å². The van der Waals surface area contributed by atoms with E-state index >= 15 is 0 Å². The lowest BCUT2D eigenvalue weighted by Crippen LogP contribution is -2.42. The Labute approximate surface area is 154 Å². The molecule has 1 N–H and O–H groups in total. The maximum atomic E-state index is 14.0. The van der Waals surface area contributed by atoms with Crippen LogP contribution in [0.25, 0.3) is 10.9 Å². The summed E-state index contributed by atoms with van der Waals surface area (Å²) in [7, 11) is 0. The Morgan fingerprint density at radius 3 is 2.54 bits per heavy atom. The first-order valence-electron chi connectivity index (χ1n) is 8.44. The summed E-state index contributed by atoms with van der Waals surface area (Å²) < 4.78 is 27.7. The molecule has 0 spiro atoms. The summed E-state index contributed by atoms with van der Waals surface area (Å²) in [4.78, 5) is 6.05. The highest BCUT2D eigenvalue weighted by molar-refractivity contribution is 6.31. The molecular formula is C20H17ClF2N2O. The number of anilines is 1. The summed E-state index contributed by atoms with van der Waals surface area (Å²) in [6, 6.07) is 11.2. The van der Waals surface area contributed by atoms with E-state index in [0.29, 0.717) is 36.3 Å². The molecule has 0 atom stereocenters. The summed E-state index contributed by atoms with van der Waals surface area (Å²) in [5.41, 5.74) is 0.581. The van der Waals surface area contributed by atoms with Crippen molar-refractivity contribution in [1.82, 2.24) is 4.98 Å². The Hall–Kier alpha value is -2.24. The fraction of sp³-hybridized carbons (Fsp3) is 0.250. The van der Waals surface area contributed by atoms with Crippen LogP contribution in [-0.2, 0) is 5.60 Å². The summed E-state index contributed by atoms with van der Waals surface area (Å²) >= 11 is 6.25. The SMILES string of the molecule is OC1(c2ccccc2Cl)CCN(c2ccnc3c(F)cc(F)cc23)CC1. The lowest BCUT2D eigenvalue weighted by molar-refractivity contribution is 0.0119. The van der Waals surface area contributed by atoms with Gasteiger partial charge in [-0.3, -0.25) is 4.98 Å². The number of hydrogen-bond donors (Lipinski definition) is 1. The average Bonchev–Trinajstić information content (AvgIpc) is 2.62. The van der Waals surface area contributed by atoms with E-state index in [1.54, 1.807) is 12.1 Å². The van der Waals surface area contributed by atoms with Crippen LogP contribution in [0.4, 0.5) is 14.5 Å². The fourth-order valence-corrected chi connectivity index (χ4v) is 3.98. The summed E-state index contributed by atoms with van der Waals surface area (Å²) in [5, 5.41) is 12.0. The van der Waals surface area contributed by atoms with Crippen molar-refractivity contribution >= 4 is 28.2 Å². The van der Waals surface area contributed by atoms with Crippen molar-refractivity contribution in [1.29, 1.82) is 0 Å². The molecule has 1 aliphatic heterocycles. The number of rotatable bonds is 2. The largest absolute Gasteiger partial charge is 0.385 e. The number of fused-ring (bicyclic) bond motifs is 1. The van der Waals surface area contributed by atoms with Gasteiger partial charge in [-0.05, 0) is 31.0 Å². The predicted molar refractivity (Wildman–Crippen MR) is 98.5 cm³/mol. The first kappa shape index (κ1) is 17.2. The lowest BCUT2D eigenvalue weighted by Gasteiger charge is -2.40. The van der Waals surface area contributed by atoms with Crippen molar-refractivity contribution in [2.75, 3.05) is 18.0 Å². The van der Waals surface area contributed by atoms with Crippen molar-refractivity contribution in [2.24, 2.45) is 0 Å². The van der Waals surface area contributed by atoms with Crippen molar-refractivity contribution in [3.63, 3.8) is 0 Å². The third-order valence-corrected chi connectivity index (χ3v) is 5.38. The Morgan fingerprint density at radius 2 is 1.81 bits per heavy atom. The molecule has 6 heteroatoms.